The topological polar surface area (TPSA) is 70.1 Å². The molecule has 5 heteroatoms. The molecule has 1 aromatic heterocycles. The molecule has 2 N–H and O–H groups in total. The first kappa shape index (κ1) is 10.7. The van der Waals surface area contributed by atoms with Crippen molar-refractivity contribution in [3.05, 3.63) is 22.2 Å². The largest absolute Gasteiger partial charge is 0.481 e. The second kappa shape index (κ2) is 4.76. The molecule has 1 heterocycles. The molecule has 1 rings (SSSR count). The summed E-state index contributed by atoms with van der Waals surface area (Å²) >= 11 is 0. The van der Waals surface area contributed by atoms with E-state index in [-0.39, 0.29) is 5.69 Å². The van der Waals surface area contributed by atoms with E-state index in [0.717, 1.165) is 5.69 Å². The summed E-state index contributed by atoms with van der Waals surface area (Å²) in [5, 5.41) is 0. The molecule has 78 valence electrons. The van der Waals surface area contributed by atoms with Gasteiger partial charge in [-0.2, -0.15) is 4.98 Å². The zero-order valence-electron chi connectivity index (χ0n) is 8.49. The number of rotatable bonds is 4. The number of ether oxygens (including phenoxy) is 1. The average Bonchev–Trinajstić information content (AvgIpc) is 2.18. The standard InChI is InChI=1S/C9H15N3O2/c1-3-12-7(4-5-10)6-8(14-2)11-9(12)13/h6H,3-5,10H2,1-2H3. The van der Waals surface area contributed by atoms with Crippen molar-refractivity contribution >= 4 is 0 Å². The van der Waals surface area contributed by atoms with E-state index >= 15 is 0 Å². The zero-order valence-corrected chi connectivity index (χ0v) is 8.49. The van der Waals surface area contributed by atoms with E-state index in [1.165, 1.54) is 7.11 Å². The maximum atomic E-state index is 11.5. The first-order valence-electron chi connectivity index (χ1n) is 4.57. The molecule has 14 heavy (non-hydrogen) atoms. The molecule has 0 radical (unpaired) electrons. The van der Waals surface area contributed by atoms with Gasteiger partial charge in [0.05, 0.1) is 7.11 Å². The molecule has 0 unspecified atom stereocenters. The van der Waals surface area contributed by atoms with Crippen molar-refractivity contribution in [2.75, 3.05) is 13.7 Å². The summed E-state index contributed by atoms with van der Waals surface area (Å²) in [6, 6.07) is 1.75. The Balaban J connectivity index is 3.21. The van der Waals surface area contributed by atoms with Crippen molar-refractivity contribution in [1.82, 2.24) is 9.55 Å². The summed E-state index contributed by atoms with van der Waals surface area (Å²) < 4.78 is 6.51. The fraction of sp³-hybridized carbons (Fsp3) is 0.556. The molecule has 5 nitrogen and oxygen atoms in total. The number of aromatic nitrogens is 2. The highest BCUT2D eigenvalue weighted by molar-refractivity contribution is 5.15. The molecule has 0 aromatic carbocycles. The van der Waals surface area contributed by atoms with Gasteiger partial charge in [0.15, 0.2) is 0 Å². The van der Waals surface area contributed by atoms with Gasteiger partial charge in [0.25, 0.3) is 0 Å². The van der Waals surface area contributed by atoms with Crippen molar-refractivity contribution in [3.63, 3.8) is 0 Å². The third kappa shape index (κ3) is 2.11. The predicted molar refractivity (Wildman–Crippen MR) is 53.5 cm³/mol. The maximum Gasteiger partial charge on any atom is 0.351 e. The van der Waals surface area contributed by atoms with E-state index < -0.39 is 0 Å². The monoisotopic (exact) mass is 197 g/mol. The van der Waals surface area contributed by atoms with Crippen LogP contribution in [0.15, 0.2) is 10.9 Å². The van der Waals surface area contributed by atoms with E-state index in [9.17, 15) is 4.79 Å². The van der Waals surface area contributed by atoms with E-state index in [1.807, 2.05) is 6.92 Å². The van der Waals surface area contributed by atoms with Crippen molar-refractivity contribution in [2.45, 2.75) is 19.9 Å². The fourth-order valence-corrected chi connectivity index (χ4v) is 1.33. The van der Waals surface area contributed by atoms with Crippen LogP contribution in [0, 0.1) is 0 Å². The van der Waals surface area contributed by atoms with Gasteiger partial charge in [0.2, 0.25) is 5.88 Å². The van der Waals surface area contributed by atoms with Crippen molar-refractivity contribution in [3.8, 4) is 5.88 Å². The van der Waals surface area contributed by atoms with Crippen LogP contribution < -0.4 is 16.2 Å². The SMILES string of the molecule is CCn1c(CCN)cc(OC)nc1=O. The summed E-state index contributed by atoms with van der Waals surface area (Å²) in [4.78, 5) is 15.2. The Morgan fingerprint density at radius 1 is 1.64 bits per heavy atom. The highest BCUT2D eigenvalue weighted by Gasteiger charge is 2.05. The number of nitrogens with two attached hydrogens (primary N) is 1. The van der Waals surface area contributed by atoms with Gasteiger partial charge in [0, 0.05) is 24.7 Å². The first-order valence-corrected chi connectivity index (χ1v) is 4.57. The normalized spacial score (nSPS) is 10.2. The maximum absolute atomic E-state index is 11.5. The van der Waals surface area contributed by atoms with Crippen LogP contribution in [0.3, 0.4) is 0 Å². The molecule has 0 aliphatic rings. The van der Waals surface area contributed by atoms with E-state index in [1.54, 1.807) is 10.6 Å². The summed E-state index contributed by atoms with van der Waals surface area (Å²) in [6.07, 6.45) is 0.655. The lowest BCUT2D eigenvalue weighted by molar-refractivity contribution is 0.390. The van der Waals surface area contributed by atoms with Crippen molar-refractivity contribution in [1.29, 1.82) is 0 Å². The lowest BCUT2D eigenvalue weighted by Crippen LogP contribution is -2.26. The summed E-state index contributed by atoms with van der Waals surface area (Å²) in [5.74, 6) is 0.350. The van der Waals surface area contributed by atoms with Gasteiger partial charge in [-0.1, -0.05) is 0 Å². The van der Waals surface area contributed by atoms with E-state index in [2.05, 4.69) is 4.98 Å². The molecule has 0 aliphatic heterocycles. The smallest absolute Gasteiger partial charge is 0.351 e. The predicted octanol–water partition coefficient (Wildman–Crippen LogP) is -0.227. The molecule has 0 bridgehead atoms. The van der Waals surface area contributed by atoms with Crippen LogP contribution in [-0.4, -0.2) is 23.2 Å². The van der Waals surface area contributed by atoms with Gasteiger partial charge in [-0.05, 0) is 13.5 Å². The quantitative estimate of drug-likeness (QED) is 0.724. The van der Waals surface area contributed by atoms with Gasteiger partial charge in [0.1, 0.15) is 0 Å². The van der Waals surface area contributed by atoms with Crippen molar-refractivity contribution < 1.29 is 4.74 Å². The second-order valence-electron chi connectivity index (χ2n) is 2.86. The van der Waals surface area contributed by atoms with Crippen molar-refractivity contribution in [2.24, 2.45) is 5.73 Å². The molecular weight excluding hydrogens is 182 g/mol. The van der Waals surface area contributed by atoms with Crippen LogP contribution in [-0.2, 0) is 13.0 Å². The van der Waals surface area contributed by atoms with Gasteiger partial charge in [-0.15, -0.1) is 0 Å². The Hall–Kier alpha value is -1.36. The molecule has 0 saturated carbocycles. The highest BCUT2D eigenvalue weighted by atomic mass is 16.5. The minimum Gasteiger partial charge on any atom is -0.481 e. The van der Waals surface area contributed by atoms with Gasteiger partial charge in [-0.25, -0.2) is 4.79 Å². The number of methoxy groups -OCH3 is 1. The minimum absolute atomic E-state index is 0.282. The fourth-order valence-electron chi connectivity index (χ4n) is 1.33. The Kier molecular flexibility index (Phi) is 3.64. The van der Waals surface area contributed by atoms with Gasteiger partial charge in [-0.3, -0.25) is 4.57 Å². The van der Waals surface area contributed by atoms with E-state index in [4.69, 9.17) is 10.5 Å². The molecule has 0 amide bonds. The number of nitrogens with zero attached hydrogens (tertiary/aromatic N) is 2. The molecule has 0 aliphatic carbocycles. The molecule has 0 saturated heterocycles. The van der Waals surface area contributed by atoms with Gasteiger partial charge >= 0.3 is 5.69 Å². The van der Waals surface area contributed by atoms with Crippen LogP contribution in [0.2, 0.25) is 0 Å². The third-order valence-corrected chi connectivity index (χ3v) is 2.00. The molecule has 0 spiro atoms. The Morgan fingerprint density at radius 2 is 2.36 bits per heavy atom. The Bertz CT molecular complexity index is 360. The van der Waals surface area contributed by atoms with E-state index in [0.29, 0.717) is 25.4 Å². The number of hydrogen-bond acceptors (Lipinski definition) is 4. The second-order valence-corrected chi connectivity index (χ2v) is 2.86. The molecular formula is C9H15N3O2. The third-order valence-electron chi connectivity index (χ3n) is 2.00. The summed E-state index contributed by atoms with van der Waals surface area (Å²) in [6.45, 7) is 3.01. The molecule has 1 aromatic rings. The average molecular weight is 197 g/mol. The lowest BCUT2D eigenvalue weighted by atomic mass is 10.3. The van der Waals surface area contributed by atoms with Crippen LogP contribution in [0.1, 0.15) is 12.6 Å². The Morgan fingerprint density at radius 3 is 2.86 bits per heavy atom. The highest BCUT2D eigenvalue weighted by Crippen LogP contribution is 2.06. The van der Waals surface area contributed by atoms with Crippen LogP contribution >= 0.6 is 0 Å². The van der Waals surface area contributed by atoms with Gasteiger partial charge < -0.3 is 10.5 Å². The summed E-state index contributed by atoms with van der Waals surface area (Å²) in [5.41, 5.74) is 6.03. The Labute approximate surface area is 82.5 Å². The zero-order chi connectivity index (χ0) is 10.6. The number of hydrogen-bond donors (Lipinski definition) is 1. The first-order chi connectivity index (χ1) is 6.72. The lowest BCUT2D eigenvalue weighted by Gasteiger charge is -2.10. The minimum atomic E-state index is -0.282. The van der Waals surface area contributed by atoms with Crippen LogP contribution in [0.4, 0.5) is 0 Å². The summed E-state index contributed by atoms with van der Waals surface area (Å²) in [7, 11) is 1.49. The van der Waals surface area contributed by atoms with Crippen LogP contribution in [0.25, 0.3) is 0 Å². The molecule has 0 atom stereocenters. The molecule has 0 fully saturated rings. The van der Waals surface area contributed by atoms with Crippen LogP contribution in [0.5, 0.6) is 5.88 Å².